The van der Waals surface area contributed by atoms with Crippen molar-refractivity contribution < 1.29 is 14.3 Å². The third kappa shape index (κ3) is 4.57. The van der Waals surface area contributed by atoms with Crippen molar-refractivity contribution in [2.75, 3.05) is 0 Å². The number of ether oxygens (including phenoxy) is 1. The molecule has 22 heavy (non-hydrogen) atoms. The van der Waals surface area contributed by atoms with E-state index in [0.717, 1.165) is 35.4 Å². The number of carbonyl (C=O) groups is 2. The highest BCUT2D eigenvalue weighted by Gasteiger charge is 2.23. The highest BCUT2D eigenvalue weighted by atomic mass is 32.1. The summed E-state index contributed by atoms with van der Waals surface area (Å²) in [7, 11) is 0. The van der Waals surface area contributed by atoms with Crippen LogP contribution in [0.3, 0.4) is 0 Å². The molecule has 1 aliphatic rings. The number of hydrogen-bond acceptors (Lipinski definition) is 4. The number of nitrogens with one attached hydrogen (secondary N) is 1. The first-order chi connectivity index (χ1) is 10.5. The fourth-order valence-corrected chi connectivity index (χ4v) is 3.77. The second kappa shape index (κ2) is 7.77. The molecule has 2 rings (SSSR count). The Bertz CT molecular complexity index is 530. The van der Waals surface area contributed by atoms with Gasteiger partial charge in [-0.1, -0.05) is 25.7 Å². The minimum atomic E-state index is -0.754. The number of rotatable bonds is 4. The summed E-state index contributed by atoms with van der Waals surface area (Å²) in [6.45, 7) is 5.49. The van der Waals surface area contributed by atoms with Crippen molar-refractivity contribution in [3.8, 4) is 0 Å². The highest BCUT2D eigenvalue weighted by molar-refractivity contribution is 7.12. The van der Waals surface area contributed by atoms with Crippen molar-refractivity contribution in [3.63, 3.8) is 0 Å². The Labute approximate surface area is 136 Å². The Morgan fingerprint density at radius 3 is 2.41 bits per heavy atom. The van der Waals surface area contributed by atoms with Crippen molar-refractivity contribution in [2.45, 2.75) is 71.4 Å². The first-order valence-corrected chi connectivity index (χ1v) is 8.87. The fourth-order valence-electron chi connectivity index (χ4n) is 2.85. The molecule has 0 unspecified atom stereocenters. The number of hydrogen-bond donors (Lipinski definition) is 1. The summed E-state index contributed by atoms with van der Waals surface area (Å²) < 4.78 is 5.32. The molecule has 0 aromatic carbocycles. The summed E-state index contributed by atoms with van der Waals surface area (Å²) in [5.74, 6) is -0.602. The lowest BCUT2D eigenvalue weighted by Crippen LogP contribution is -2.41. The molecule has 1 N–H and O–H groups in total. The number of esters is 1. The van der Waals surface area contributed by atoms with Crippen LogP contribution >= 0.6 is 11.3 Å². The fraction of sp³-hybridized carbons (Fsp3) is 0.647. The van der Waals surface area contributed by atoms with Crippen LogP contribution in [-0.4, -0.2) is 24.0 Å². The van der Waals surface area contributed by atoms with Gasteiger partial charge in [0.2, 0.25) is 0 Å². The van der Waals surface area contributed by atoms with E-state index in [1.165, 1.54) is 12.8 Å². The number of amides is 1. The summed E-state index contributed by atoms with van der Waals surface area (Å²) in [6.07, 6.45) is 6.10. The van der Waals surface area contributed by atoms with Gasteiger partial charge in [0, 0.05) is 15.8 Å². The second-order valence-electron chi connectivity index (χ2n) is 6.07. The van der Waals surface area contributed by atoms with Gasteiger partial charge in [-0.25, -0.2) is 4.79 Å². The zero-order valence-electron chi connectivity index (χ0n) is 13.6. The van der Waals surface area contributed by atoms with Gasteiger partial charge in [0.05, 0.1) is 5.56 Å². The molecule has 0 spiro atoms. The molecule has 5 heteroatoms. The molecule has 1 amide bonds. The van der Waals surface area contributed by atoms with Crippen LogP contribution in [0.25, 0.3) is 0 Å². The molecule has 4 nitrogen and oxygen atoms in total. The van der Waals surface area contributed by atoms with Gasteiger partial charge in [-0.2, -0.15) is 0 Å². The van der Waals surface area contributed by atoms with Gasteiger partial charge in [0.15, 0.2) is 6.10 Å². The van der Waals surface area contributed by atoms with E-state index in [2.05, 4.69) is 5.32 Å². The normalized spacial score (nSPS) is 17.6. The van der Waals surface area contributed by atoms with Gasteiger partial charge in [0.1, 0.15) is 0 Å². The third-order valence-electron chi connectivity index (χ3n) is 4.12. The molecule has 0 radical (unpaired) electrons. The van der Waals surface area contributed by atoms with E-state index < -0.39 is 12.1 Å². The summed E-state index contributed by atoms with van der Waals surface area (Å²) in [6, 6.07) is 2.04. The summed E-state index contributed by atoms with van der Waals surface area (Å²) in [5.41, 5.74) is 0.566. The molecule has 1 fully saturated rings. The minimum Gasteiger partial charge on any atom is -0.449 e. The maximum atomic E-state index is 12.2. The van der Waals surface area contributed by atoms with Gasteiger partial charge in [-0.15, -0.1) is 11.3 Å². The van der Waals surface area contributed by atoms with Gasteiger partial charge in [-0.05, 0) is 39.7 Å². The molecule has 122 valence electrons. The molecule has 1 aliphatic carbocycles. The lowest BCUT2D eigenvalue weighted by Gasteiger charge is -2.19. The van der Waals surface area contributed by atoms with E-state index in [9.17, 15) is 9.59 Å². The van der Waals surface area contributed by atoms with Crippen molar-refractivity contribution in [1.29, 1.82) is 0 Å². The SMILES string of the molecule is Cc1cc(C(=O)O[C@H](C)C(=O)NC2CCCCCC2)c(C)s1. The molecule has 1 atom stereocenters. The molecule has 0 saturated heterocycles. The first-order valence-electron chi connectivity index (χ1n) is 8.05. The Balaban J connectivity index is 1.87. The Hall–Kier alpha value is -1.36. The molecule has 1 aromatic heterocycles. The topological polar surface area (TPSA) is 55.4 Å². The van der Waals surface area contributed by atoms with Crippen LogP contribution in [0, 0.1) is 13.8 Å². The van der Waals surface area contributed by atoms with E-state index >= 15 is 0 Å². The summed E-state index contributed by atoms with van der Waals surface area (Å²) in [5, 5.41) is 3.02. The summed E-state index contributed by atoms with van der Waals surface area (Å²) in [4.78, 5) is 26.3. The van der Waals surface area contributed by atoms with Gasteiger partial charge >= 0.3 is 5.97 Å². The maximum Gasteiger partial charge on any atom is 0.340 e. The Morgan fingerprint density at radius 1 is 1.23 bits per heavy atom. The van der Waals surface area contributed by atoms with E-state index in [0.29, 0.717) is 5.56 Å². The third-order valence-corrected chi connectivity index (χ3v) is 5.08. The second-order valence-corrected chi connectivity index (χ2v) is 7.53. The standard InChI is InChI=1S/C17H25NO3S/c1-11-10-15(13(3)22-11)17(20)21-12(2)16(19)18-14-8-6-4-5-7-9-14/h10,12,14H,4-9H2,1-3H3,(H,18,19)/t12-/m1/s1. The molecule has 1 heterocycles. The van der Waals surface area contributed by atoms with E-state index in [4.69, 9.17) is 4.74 Å². The van der Waals surface area contributed by atoms with Crippen LogP contribution < -0.4 is 5.32 Å². The molecule has 0 aliphatic heterocycles. The van der Waals surface area contributed by atoms with Crippen LogP contribution in [0.4, 0.5) is 0 Å². The molecular weight excluding hydrogens is 298 g/mol. The maximum absolute atomic E-state index is 12.2. The van der Waals surface area contributed by atoms with Crippen LogP contribution in [-0.2, 0) is 9.53 Å². The smallest absolute Gasteiger partial charge is 0.340 e. The predicted octanol–water partition coefficient (Wildman–Crippen LogP) is 3.75. The van der Waals surface area contributed by atoms with Gasteiger partial charge < -0.3 is 10.1 Å². The number of aryl methyl sites for hydroxylation is 2. The Kier molecular flexibility index (Phi) is 6.00. The van der Waals surface area contributed by atoms with E-state index in [-0.39, 0.29) is 11.9 Å². The molecular formula is C17H25NO3S. The Morgan fingerprint density at radius 2 is 1.86 bits per heavy atom. The first kappa shape index (κ1) is 17.0. The van der Waals surface area contributed by atoms with Crippen molar-refractivity contribution in [3.05, 3.63) is 21.4 Å². The van der Waals surface area contributed by atoms with Crippen LogP contribution in [0.5, 0.6) is 0 Å². The van der Waals surface area contributed by atoms with Crippen LogP contribution in [0.1, 0.15) is 65.6 Å². The number of carbonyl (C=O) groups excluding carboxylic acids is 2. The number of thiophene rings is 1. The molecule has 0 bridgehead atoms. The van der Waals surface area contributed by atoms with Crippen molar-refractivity contribution in [1.82, 2.24) is 5.32 Å². The van der Waals surface area contributed by atoms with Crippen molar-refractivity contribution >= 4 is 23.2 Å². The minimum absolute atomic E-state index is 0.190. The van der Waals surface area contributed by atoms with Gasteiger partial charge in [-0.3, -0.25) is 4.79 Å². The average molecular weight is 323 g/mol. The highest BCUT2D eigenvalue weighted by Crippen LogP contribution is 2.22. The quantitative estimate of drug-likeness (QED) is 0.678. The lowest BCUT2D eigenvalue weighted by molar-refractivity contribution is -0.129. The predicted molar refractivity (Wildman–Crippen MR) is 88.3 cm³/mol. The largest absolute Gasteiger partial charge is 0.449 e. The molecule has 1 aromatic rings. The van der Waals surface area contributed by atoms with Crippen LogP contribution in [0.15, 0.2) is 6.07 Å². The monoisotopic (exact) mass is 323 g/mol. The zero-order chi connectivity index (χ0) is 16.1. The van der Waals surface area contributed by atoms with Crippen LogP contribution in [0.2, 0.25) is 0 Å². The average Bonchev–Trinajstić information content (AvgIpc) is 2.66. The lowest BCUT2D eigenvalue weighted by atomic mass is 10.1. The summed E-state index contributed by atoms with van der Waals surface area (Å²) >= 11 is 1.56. The van der Waals surface area contributed by atoms with E-state index in [1.807, 2.05) is 19.9 Å². The molecule has 1 saturated carbocycles. The van der Waals surface area contributed by atoms with Crippen molar-refractivity contribution in [2.24, 2.45) is 0 Å². The van der Waals surface area contributed by atoms with E-state index in [1.54, 1.807) is 18.3 Å². The van der Waals surface area contributed by atoms with Gasteiger partial charge in [0.25, 0.3) is 5.91 Å². The zero-order valence-corrected chi connectivity index (χ0v) is 14.4.